The van der Waals surface area contributed by atoms with Gasteiger partial charge in [0.2, 0.25) is 5.91 Å². The standard InChI is InChI=1S/C19H27FN2O2/c1-3-19(23)22-11-5-7-17(22)16-6-4-10-21(16)13-14-12-15(20)8-9-18(14)24-2/h8-9,12,16-17H,3-7,10-11,13H2,1-2H3/t16-,17-/m1/s1. The molecule has 1 aromatic rings. The lowest BCUT2D eigenvalue weighted by Gasteiger charge is -2.35. The molecule has 0 N–H and O–H groups in total. The summed E-state index contributed by atoms with van der Waals surface area (Å²) in [5, 5.41) is 0. The Hall–Kier alpha value is -1.62. The highest BCUT2D eigenvalue weighted by Gasteiger charge is 2.39. The summed E-state index contributed by atoms with van der Waals surface area (Å²) in [7, 11) is 1.62. The van der Waals surface area contributed by atoms with E-state index in [-0.39, 0.29) is 11.7 Å². The van der Waals surface area contributed by atoms with Crippen LogP contribution in [0.4, 0.5) is 4.39 Å². The van der Waals surface area contributed by atoms with Crippen molar-refractivity contribution in [2.75, 3.05) is 20.2 Å². The van der Waals surface area contributed by atoms with E-state index in [4.69, 9.17) is 4.74 Å². The zero-order chi connectivity index (χ0) is 17.1. The molecule has 0 unspecified atom stereocenters. The van der Waals surface area contributed by atoms with Crippen LogP contribution in [0.3, 0.4) is 0 Å². The van der Waals surface area contributed by atoms with Crippen molar-refractivity contribution in [3.63, 3.8) is 0 Å². The van der Waals surface area contributed by atoms with Gasteiger partial charge >= 0.3 is 0 Å². The predicted octanol–water partition coefficient (Wildman–Crippen LogP) is 3.20. The highest BCUT2D eigenvalue weighted by atomic mass is 19.1. The molecule has 1 aromatic carbocycles. The van der Waals surface area contributed by atoms with E-state index in [1.54, 1.807) is 19.2 Å². The Bertz CT molecular complexity index is 593. The van der Waals surface area contributed by atoms with Crippen LogP contribution in [0.25, 0.3) is 0 Å². The van der Waals surface area contributed by atoms with E-state index in [1.807, 2.05) is 6.92 Å². The van der Waals surface area contributed by atoms with Gasteiger partial charge in [-0.1, -0.05) is 6.92 Å². The highest BCUT2D eigenvalue weighted by Crippen LogP contribution is 2.32. The first-order valence-corrected chi connectivity index (χ1v) is 9.00. The maximum absolute atomic E-state index is 13.6. The molecule has 24 heavy (non-hydrogen) atoms. The number of amides is 1. The topological polar surface area (TPSA) is 32.8 Å². The van der Waals surface area contributed by atoms with Gasteiger partial charge in [-0.15, -0.1) is 0 Å². The van der Waals surface area contributed by atoms with Gasteiger partial charge in [-0.3, -0.25) is 9.69 Å². The maximum Gasteiger partial charge on any atom is 0.222 e. The summed E-state index contributed by atoms with van der Waals surface area (Å²) >= 11 is 0. The number of hydrogen-bond donors (Lipinski definition) is 0. The third-order valence-corrected chi connectivity index (χ3v) is 5.40. The quantitative estimate of drug-likeness (QED) is 0.829. The monoisotopic (exact) mass is 334 g/mol. The van der Waals surface area contributed by atoms with E-state index in [1.165, 1.54) is 6.07 Å². The van der Waals surface area contributed by atoms with Crippen LogP contribution >= 0.6 is 0 Å². The van der Waals surface area contributed by atoms with Gasteiger partial charge in [-0.05, 0) is 50.4 Å². The number of carbonyl (C=O) groups is 1. The number of halogens is 1. The summed E-state index contributed by atoms with van der Waals surface area (Å²) in [6.45, 7) is 4.48. The van der Waals surface area contributed by atoms with Crippen LogP contribution in [0.1, 0.15) is 44.6 Å². The number of likely N-dealkylation sites (tertiary alicyclic amines) is 2. The smallest absolute Gasteiger partial charge is 0.222 e. The molecule has 132 valence electrons. The number of carbonyl (C=O) groups excluding carboxylic acids is 1. The number of methoxy groups -OCH3 is 1. The first-order chi connectivity index (χ1) is 11.6. The van der Waals surface area contributed by atoms with Gasteiger partial charge in [0.25, 0.3) is 0 Å². The summed E-state index contributed by atoms with van der Waals surface area (Å²) in [4.78, 5) is 16.7. The molecule has 0 radical (unpaired) electrons. The number of nitrogens with zero attached hydrogens (tertiary/aromatic N) is 2. The van der Waals surface area contributed by atoms with Gasteiger partial charge in [0.05, 0.1) is 7.11 Å². The molecule has 0 saturated carbocycles. The molecule has 2 atom stereocenters. The molecule has 3 rings (SSSR count). The van der Waals surface area contributed by atoms with Gasteiger partial charge in [-0.25, -0.2) is 4.39 Å². The molecule has 0 aromatic heterocycles. The van der Waals surface area contributed by atoms with Crippen molar-refractivity contribution in [2.24, 2.45) is 0 Å². The van der Waals surface area contributed by atoms with Gasteiger partial charge < -0.3 is 9.64 Å². The molecule has 0 bridgehead atoms. The third kappa shape index (κ3) is 3.41. The van der Waals surface area contributed by atoms with Crippen molar-refractivity contribution < 1.29 is 13.9 Å². The minimum atomic E-state index is -0.231. The lowest BCUT2D eigenvalue weighted by atomic mass is 10.0. The SMILES string of the molecule is CCC(=O)N1CCC[C@@H]1[C@H]1CCCN1Cc1cc(F)ccc1OC. The molecule has 4 nitrogen and oxygen atoms in total. The van der Waals surface area contributed by atoms with E-state index in [0.717, 1.165) is 50.1 Å². The second-order valence-electron chi connectivity index (χ2n) is 6.79. The van der Waals surface area contributed by atoms with Crippen LogP contribution in [0.5, 0.6) is 5.75 Å². The Morgan fingerprint density at radius 2 is 2.00 bits per heavy atom. The van der Waals surface area contributed by atoms with Crippen molar-refractivity contribution in [1.82, 2.24) is 9.80 Å². The van der Waals surface area contributed by atoms with E-state index in [0.29, 0.717) is 25.0 Å². The fourth-order valence-corrected chi connectivity index (χ4v) is 4.28. The average molecular weight is 334 g/mol. The Morgan fingerprint density at radius 3 is 2.75 bits per heavy atom. The summed E-state index contributed by atoms with van der Waals surface area (Å²) in [6, 6.07) is 5.37. The van der Waals surface area contributed by atoms with E-state index >= 15 is 0 Å². The van der Waals surface area contributed by atoms with Crippen molar-refractivity contribution in [3.05, 3.63) is 29.6 Å². The van der Waals surface area contributed by atoms with Crippen molar-refractivity contribution in [1.29, 1.82) is 0 Å². The highest BCUT2D eigenvalue weighted by molar-refractivity contribution is 5.76. The molecule has 2 aliphatic rings. The largest absolute Gasteiger partial charge is 0.496 e. The average Bonchev–Trinajstić information content (AvgIpc) is 3.23. The van der Waals surface area contributed by atoms with Crippen LogP contribution in [0.2, 0.25) is 0 Å². The van der Waals surface area contributed by atoms with Gasteiger partial charge in [-0.2, -0.15) is 0 Å². The summed E-state index contributed by atoms with van der Waals surface area (Å²) < 4.78 is 19.0. The second kappa shape index (κ2) is 7.51. The number of hydrogen-bond acceptors (Lipinski definition) is 3. The fourth-order valence-electron chi connectivity index (χ4n) is 4.28. The first kappa shape index (κ1) is 17.2. The molecule has 0 aliphatic carbocycles. The van der Waals surface area contributed by atoms with E-state index < -0.39 is 0 Å². The summed E-state index contributed by atoms with van der Waals surface area (Å²) in [5.41, 5.74) is 0.885. The molecule has 2 heterocycles. The molecular weight excluding hydrogens is 307 g/mol. The number of benzene rings is 1. The van der Waals surface area contributed by atoms with Crippen LogP contribution in [0.15, 0.2) is 18.2 Å². The Labute approximate surface area is 143 Å². The van der Waals surface area contributed by atoms with E-state index in [9.17, 15) is 9.18 Å². The molecule has 1 amide bonds. The van der Waals surface area contributed by atoms with Crippen LogP contribution in [-0.2, 0) is 11.3 Å². The Kier molecular flexibility index (Phi) is 5.39. The minimum absolute atomic E-state index is 0.231. The molecule has 5 heteroatoms. The molecule has 0 spiro atoms. The Morgan fingerprint density at radius 1 is 1.25 bits per heavy atom. The van der Waals surface area contributed by atoms with Gasteiger partial charge in [0.15, 0.2) is 0 Å². The maximum atomic E-state index is 13.6. The zero-order valence-corrected chi connectivity index (χ0v) is 14.6. The third-order valence-electron chi connectivity index (χ3n) is 5.40. The second-order valence-corrected chi connectivity index (χ2v) is 6.79. The lowest BCUT2D eigenvalue weighted by Crippen LogP contribution is -2.47. The number of rotatable bonds is 5. The van der Waals surface area contributed by atoms with Gasteiger partial charge in [0, 0.05) is 37.2 Å². The van der Waals surface area contributed by atoms with Crippen LogP contribution in [-0.4, -0.2) is 48.0 Å². The predicted molar refractivity (Wildman–Crippen MR) is 91.4 cm³/mol. The summed E-state index contributed by atoms with van der Waals surface area (Å²) in [5.74, 6) is 0.757. The molecular formula is C19H27FN2O2. The van der Waals surface area contributed by atoms with Crippen molar-refractivity contribution >= 4 is 5.91 Å². The first-order valence-electron chi connectivity index (χ1n) is 9.00. The lowest BCUT2D eigenvalue weighted by molar-refractivity contribution is -0.132. The number of ether oxygens (including phenoxy) is 1. The van der Waals surface area contributed by atoms with Gasteiger partial charge in [0.1, 0.15) is 11.6 Å². The van der Waals surface area contributed by atoms with Crippen molar-refractivity contribution in [2.45, 2.75) is 57.7 Å². The van der Waals surface area contributed by atoms with Crippen LogP contribution in [0, 0.1) is 5.82 Å². The minimum Gasteiger partial charge on any atom is -0.496 e. The fraction of sp³-hybridized carbons (Fsp3) is 0.632. The molecule has 2 fully saturated rings. The summed E-state index contributed by atoms with van der Waals surface area (Å²) in [6.07, 6.45) is 4.97. The van der Waals surface area contributed by atoms with Crippen LogP contribution < -0.4 is 4.74 Å². The van der Waals surface area contributed by atoms with E-state index in [2.05, 4.69) is 9.80 Å². The Balaban J connectivity index is 1.76. The molecule has 2 aliphatic heterocycles. The zero-order valence-electron chi connectivity index (χ0n) is 14.6. The molecule has 2 saturated heterocycles. The van der Waals surface area contributed by atoms with Crippen molar-refractivity contribution in [3.8, 4) is 5.75 Å². The normalized spacial score (nSPS) is 24.5.